The van der Waals surface area contributed by atoms with Crippen molar-refractivity contribution in [2.45, 2.75) is 19.0 Å². The van der Waals surface area contributed by atoms with Gasteiger partial charge in [0.15, 0.2) is 16.7 Å². The highest BCUT2D eigenvalue weighted by atomic mass is 32.2. The van der Waals surface area contributed by atoms with Crippen LogP contribution >= 0.6 is 11.8 Å². The second-order valence-corrected chi connectivity index (χ2v) is 8.76. The van der Waals surface area contributed by atoms with Crippen LogP contribution in [0.5, 0.6) is 11.5 Å². The van der Waals surface area contributed by atoms with E-state index >= 15 is 0 Å². The first-order valence-corrected chi connectivity index (χ1v) is 12.3. The second kappa shape index (κ2) is 11.5. The number of rotatable bonds is 9. The van der Waals surface area contributed by atoms with E-state index < -0.39 is 0 Å². The number of nitrogens with one attached hydrogen (secondary N) is 1. The second-order valence-electron chi connectivity index (χ2n) is 7.81. The van der Waals surface area contributed by atoms with Gasteiger partial charge in [0.2, 0.25) is 0 Å². The van der Waals surface area contributed by atoms with Gasteiger partial charge in [-0.3, -0.25) is 14.2 Å². The summed E-state index contributed by atoms with van der Waals surface area (Å²) in [5, 5.41) is 4.98. The summed E-state index contributed by atoms with van der Waals surface area (Å²) in [6, 6.07) is 20.2. The van der Waals surface area contributed by atoms with Crippen molar-refractivity contribution in [3.63, 3.8) is 0 Å². The summed E-state index contributed by atoms with van der Waals surface area (Å²) in [4.78, 5) is 30.5. The highest BCUT2D eigenvalue weighted by molar-refractivity contribution is 7.99. The Morgan fingerprint density at radius 1 is 1.11 bits per heavy atom. The third-order valence-electron chi connectivity index (χ3n) is 5.26. The summed E-state index contributed by atoms with van der Waals surface area (Å²) < 4.78 is 12.4. The van der Waals surface area contributed by atoms with Crippen LogP contribution in [0.3, 0.4) is 0 Å². The number of hydrogen-bond donors (Lipinski definition) is 1. The maximum absolute atomic E-state index is 13.3. The molecule has 36 heavy (non-hydrogen) atoms. The fourth-order valence-electron chi connectivity index (χ4n) is 3.51. The predicted octanol–water partition coefficient (Wildman–Crippen LogP) is 4.34. The number of methoxy groups -OCH3 is 1. The van der Waals surface area contributed by atoms with Crippen LogP contribution in [0.2, 0.25) is 0 Å². The molecule has 0 saturated carbocycles. The van der Waals surface area contributed by atoms with Gasteiger partial charge in [-0.25, -0.2) is 10.4 Å². The van der Waals surface area contributed by atoms with Gasteiger partial charge in [0.25, 0.3) is 11.5 Å². The lowest BCUT2D eigenvalue weighted by Crippen LogP contribution is -2.24. The van der Waals surface area contributed by atoms with E-state index in [2.05, 4.69) is 15.5 Å². The van der Waals surface area contributed by atoms with Crippen LogP contribution in [-0.2, 0) is 4.79 Å². The molecule has 0 radical (unpaired) electrons. The van der Waals surface area contributed by atoms with E-state index in [-0.39, 0.29) is 17.2 Å². The monoisotopic (exact) mass is 502 g/mol. The number of benzene rings is 3. The van der Waals surface area contributed by atoms with E-state index in [9.17, 15) is 9.59 Å². The average molecular weight is 503 g/mol. The van der Waals surface area contributed by atoms with Crippen molar-refractivity contribution in [1.82, 2.24) is 15.0 Å². The molecule has 4 aromatic rings. The Labute approximate surface area is 213 Å². The Morgan fingerprint density at radius 3 is 2.64 bits per heavy atom. The Morgan fingerprint density at radius 2 is 1.89 bits per heavy atom. The summed E-state index contributed by atoms with van der Waals surface area (Å²) in [6.45, 7) is 4.41. The third-order valence-corrected chi connectivity index (χ3v) is 6.20. The molecule has 8 nitrogen and oxygen atoms in total. The van der Waals surface area contributed by atoms with Crippen LogP contribution in [0.25, 0.3) is 16.6 Å². The summed E-state index contributed by atoms with van der Waals surface area (Å²) in [5.74, 6) is 0.923. The number of carbonyl (C=O) groups excluding carboxylic acids is 1. The molecule has 0 aliphatic heterocycles. The summed E-state index contributed by atoms with van der Waals surface area (Å²) in [6.07, 6.45) is 1.53. The molecule has 1 amide bonds. The number of aromatic nitrogens is 2. The Bertz CT molecular complexity index is 1470. The molecule has 0 atom stereocenters. The van der Waals surface area contributed by atoms with Crippen molar-refractivity contribution >= 4 is 34.8 Å². The van der Waals surface area contributed by atoms with Crippen molar-refractivity contribution in [3.8, 4) is 17.2 Å². The first-order valence-electron chi connectivity index (χ1n) is 11.3. The topological polar surface area (TPSA) is 94.8 Å². The molecule has 184 valence electrons. The molecule has 0 aliphatic rings. The van der Waals surface area contributed by atoms with E-state index in [1.54, 1.807) is 31.4 Å². The van der Waals surface area contributed by atoms with Crippen molar-refractivity contribution in [3.05, 3.63) is 88.2 Å². The minimum atomic E-state index is -0.327. The SMILES string of the molecule is CCOc1ccc(C=NNC(=O)CSc2nc3ccccc3c(=O)n2-c2ccc(C)cc2)cc1OC. The van der Waals surface area contributed by atoms with Gasteiger partial charge in [0.1, 0.15) is 0 Å². The van der Waals surface area contributed by atoms with E-state index in [0.29, 0.717) is 39.9 Å². The molecule has 0 bridgehead atoms. The van der Waals surface area contributed by atoms with Crippen LogP contribution in [-0.4, -0.2) is 41.1 Å². The van der Waals surface area contributed by atoms with Gasteiger partial charge < -0.3 is 9.47 Å². The third kappa shape index (κ3) is 5.75. The zero-order valence-corrected chi connectivity index (χ0v) is 21.0. The van der Waals surface area contributed by atoms with E-state index in [0.717, 1.165) is 11.1 Å². The molecule has 1 aromatic heterocycles. The molecule has 0 unspecified atom stereocenters. The number of hydrogen-bond acceptors (Lipinski definition) is 7. The number of thioether (sulfide) groups is 1. The van der Waals surface area contributed by atoms with Gasteiger partial charge in [0, 0.05) is 0 Å². The Balaban J connectivity index is 1.50. The number of nitrogens with zero attached hydrogens (tertiary/aromatic N) is 3. The van der Waals surface area contributed by atoms with Crippen molar-refractivity contribution < 1.29 is 14.3 Å². The molecule has 1 heterocycles. The molecule has 3 aromatic carbocycles. The fraction of sp³-hybridized carbons (Fsp3) is 0.185. The number of amides is 1. The van der Waals surface area contributed by atoms with Gasteiger partial charge in [-0.2, -0.15) is 5.10 Å². The minimum Gasteiger partial charge on any atom is -0.493 e. The average Bonchev–Trinajstić information content (AvgIpc) is 2.89. The first-order chi connectivity index (χ1) is 17.5. The minimum absolute atomic E-state index is 0.0284. The molecule has 4 rings (SSSR count). The molecule has 1 N–H and O–H groups in total. The highest BCUT2D eigenvalue weighted by Gasteiger charge is 2.14. The molecule has 0 aliphatic carbocycles. The van der Waals surface area contributed by atoms with Crippen LogP contribution in [0.15, 0.2) is 81.8 Å². The number of para-hydroxylation sites is 1. The maximum atomic E-state index is 13.3. The summed E-state index contributed by atoms with van der Waals surface area (Å²) in [7, 11) is 1.56. The number of hydrazone groups is 1. The number of ether oxygens (including phenoxy) is 2. The lowest BCUT2D eigenvalue weighted by molar-refractivity contribution is -0.118. The standard InChI is InChI=1S/C27H26N4O4S/c1-4-35-23-14-11-19(15-24(23)34-3)16-28-30-25(32)17-36-27-29-22-8-6-5-7-21(22)26(33)31(27)20-12-9-18(2)10-13-20/h5-16H,4,17H2,1-3H3,(H,30,32). The molecule has 0 spiro atoms. The zero-order valence-electron chi connectivity index (χ0n) is 20.2. The van der Waals surface area contributed by atoms with Gasteiger partial charge in [-0.1, -0.05) is 41.6 Å². The van der Waals surface area contributed by atoms with Crippen LogP contribution < -0.4 is 20.5 Å². The Hall–Kier alpha value is -4.11. The summed E-state index contributed by atoms with van der Waals surface area (Å²) in [5.41, 5.74) is 5.43. The van der Waals surface area contributed by atoms with Gasteiger partial charge in [0.05, 0.1) is 42.3 Å². The van der Waals surface area contributed by atoms with E-state index in [4.69, 9.17) is 9.47 Å². The normalized spacial score (nSPS) is 11.1. The molecule has 0 saturated heterocycles. The fourth-order valence-corrected chi connectivity index (χ4v) is 4.32. The molecule has 0 fully saturated rings. The Kier molecular flexibility index (Phi) is 8.02. The van der Waals surface area contributed by atoms with Gasteiger partial charge in [-0.15, -0.1) is 0 Å². The van der Waals surface area contributed by atoms with Gasteiger partial charge in [-0.05, 0) is 61.9 Å². The quantitative estimate of drug-likeness (QED) is 0.158. The molecular weight excluding hydrogens is 476 g/mol. The lowest BCUT2D eigenvalue weighted by Gasteiger charge is -2.13. The van der Waals surface area contributed by atoms with Gasteiger partial charge >= 0.3 is 0 Å². The van der Waals surface area contributed by atoms with E-state index in [1.165, 1.54) is 22.5 Å². The lowest BCUT2D eigenvalue weighted by atomic mass is 10.2. The first kappa shape index (κ1) is 25.0. The number of fused-ring (bicyclic) bond motifs is 1. The van der Waals surface area contributed by atoms with E-state index in [1.807, 2.05) is 56.3 Å². The molecular formula is C27H26N4O4S. The highest BCUT2D eigenvalue weighted by Crippen LogP contribution is 2.27. The number of aryl methyl sites for hydroxylation is 1. The maximum Gasteiger partial charge on any atom is 0.266 e. The number of carbonyl (C=O) groups is 1. The van der Waals surface area contributed by atoms with Crippen molar-refractivity contribution in [1.29, 1.82) is 0 Å². The van der Waals surface area contributed by atoms with Crippen molar-refractivity contribution in [2.75, 3.05) is 19.5 Å². The smallest absolute Gasteiger partial charge is 0.266 e. The van der Waals surface area contributed by atoms with Crippen molar-refractivity contribution in [2.24, 2.45) is 5.10 Å². The van der Waals surface area contributed by atoms with Crippen LogP contribution in [0, 0.1) is 6.92 Å². The van der Waals surface area contributed by atoms with Crippen LogP contribution in [0.4, 0.5) is 0 Å². The van der Waals surface area contributed by atoms with Crippen LogP contribution in [0.1, 0.15) is 18.1 Å². The predicted molar refractivity (Wildman–Crippen MR) is 143 cm³/mol. The molecule has 9 heteroatoms. The zero-order chi connectivity index (χ0) is 25.5. The largest absolute Gasteiger partial charge is 0.493 e. The summed E-state index contributed by atoms with van der Waals surface area (Å²) >= 11 is 1.17.